The molecule has 0 heterocycles. The maximum atomic E-state index is 11.4. The minimum Gasteiger partial charge on any atom is -0.356 e. The number of benzene rings is 1. The van der Waals surface area contributed by atoms with Crippen LogP contribution in [0.1, 0.15) is 31.4 Å². The first kappa shape index (κ1) is 21.8. The number of rotatable bonds is 8. The summed E-state index contributed by atoms with van der Waals surface area (Å²) in [6.45, 7) is 7.57. The van der Waals surface area contributed by atoms with Gasteiger partial charge in [-0.1, -0.05) is 26.0 Å². The number of hydrogen-bond acceptors (Lipinski definition) is 4. The van der Waals surface area contributed by atoms with Crippen molar-refractivity contribution in [1.82, 2.24) is 10.6 Å². The highest BCUT2D eigenvalue weighted by Crippen LogP contribution is 2.22. The molecule has 0 amide bonds. The lowest BCUT2D eigenvalue weighted by Crippen LogP contribution is -2.42. The van der Waals surface area contributed by atoms with Crippen LogP contribution < -0.4 is 10.6 Å². The summed E-state index contributed by atoms with van der Waals surface area (Å²) in [7, 11) is -1.20. The van der Waals surface area contributed by atoms with E-state index < -0.39 is 9.84 Å². The normalized spacial score (nSPS) is 13.0. The Balaban J connectivity index is 2.58. The smallest absolute Gasteiger partial charge is 0.191 e. The molecule has 2 N–H and O–H groups in total. The van der Waals surface area contributed by atoms with E-state index in [1.807, 2.05) is 0 Å². The summed E-state index contributed by atoms with van der Waals surface area (Å²) in [6, 6.07) is 6.44. The SMILES string of the molecule is CN=C(NCc1ccc(C)cc1SC)NCC(C)(C)CCS(C)(=O)=O. The summed E-state index contributed by atoms with van der Waals surface area (Å²) in [5.41, 5.74) is 2.36. The molecule has 0 spiro atoms. The molecule has 142 valence electrons. The molecule has 25 heavy (non-hydrogen) atoms. The number of hydrogen-bond donors (Lipinski definition) is 2. The van der Waals surface area contributed by atoms with Gasteiger partial charge in [-0.15, -0.1) is 11.8 Å². The number of nitrogens with one attached hydrogen (secondary N) is 2. The van der Waals surface area contributed by atoms with Crippen molar-refractivity contribution in [2.24, 2.45) is 10.4 Å². The topological polar surface area (TPSA) is 70.6 Å². The van der Waals surface area contributed by atoms with Crippen LogP contribution in [-0.2, 0) is 16.4 Å². The van der Waals surface area contributed by atoms with Crippen LogP contribution >= 0.6 is 11.8 Å². The molecule has 0 unspecified atom stereocenters. The molecule has 0 saturated heterocycles. The second-order valence-electron chi connectivity index (χ2n) is 7.14. The van der Waals surface area contributed by atoms with E-state index in [4.69, 9.17) is 0 Å². The Kier molecular flexibility index (Phi) is 8.28. The van der Waals surface area contributed by atoms with E-state index in [2.05, 4.69) is 60.9 Å². The van der Waals surface area contributed by atoms with Crippen LogP contribution in [0.2, 0.25) is 0 Å². The fourth-order valence-electron chi connectivity index (χ4n) is 2.27. The van der Waals surface area contributed by atoms with Gasteiger partial charge in [-0.2, -0.15) is 0 Å². The zero-order valence-electron chi connectivity index (χ0n) is 16.1. The number of thioether (sulfide) groups is 1. The van der Waals surface area contributed by atoms with Crippen LogP contribution in [0.5, 0.6) is 0 Å². The monoisotopic (exact) mass is 385 g/mol. The lowest BCUT2D eigenvalue weighted by atomic mass is 9.90. The lowest BCUT2D eigenvalue weighted by Gasteiger charge is -2.26. The van der Waals surface area contributed by atoms with Gasteiger partial charge in [0, 0.05) is 31.3 Å². The molecule has 0 aliphatic carbocycles. The highest BCUT2D eigenvalue weighted by Gasteiger charge is 2.20. The van der Waals surface area contributed by atoms with Crippen molar-refractivity contribution in [3.05, 3.63) is 29.3 Å². The summed E-state index contributed by atoms with van der Waals surface area (Å²) >= 11 is 1.74. The van der Waals surface area contributed by atoms with E-state index >= 15 is 0 Å². The van der Waals surface area contributed by atoms with Gasteiger partial charge in [0.1, 0.15) is 9.84 Å². The van der Waals surface area contributed by atoms with E-state index in [-0.39, 0.29) is 11.2 Å². The number of nitrogens with zero attached hydrogens (tertiary/aromatic N) is 1. The third kappa shape index (κ3) is 8.63. The molecule has 7 heteroatoms. The predicted molar refractivity (Wildman–Crippen MR) is 109 cm³/mol. The molecule has 0 saturated carbocycles. The molecule has 0 atom stereocenters. The Morgan fingerprint density at radius 2 is 1.96 bits per heavy atom. The minimum absolute atomic E-state index is 0.130. The predicted octanol–water partition coefficient (Wildman–Crippen LogP) is 2.84. The van der Waals surface area contributed by atoms with Crippen LogP contribution in [-0.4, -0.2) is 46.2 Å². The molecule has 0 aliphatic rings. The third-order valence-corrected chi connectivity index (χ3v) is 5.76. The van der Waals surface area contributed by atoms with Gasteiger partial charge in [0.15, 0.2) is 5.96 Å². The number of aryl methyl sites for hydroxylation is 1. The van der Waals surface area contributed by atoms with Crippen LogP contribution in [0.25, 0.3) is 0 Å². The highest BCUT2D eigenvalue weighted by molar-refractivity contribution is 7.98. The summed E-state index contributed by atoms with van der Waals surface area (Å²) < 4.78 is 22.7. The maximum Gasteiger partial charge on any atom is 0.191 e. The molecule has 5 nitrogen and oxygen atoms in total. The van der Waals surface area contributed by atoms with Gasteiger partial charge in [-0.3, -0.25) is 4.99 Å². The number of aliphatic imine (C=N–C) groups is 1. The van der Waals surface area contributed by atoms with Gasteiger partial charge >= 0.3 is 0 Å². The maximum absolute atomic E-state index is 11.4. The first-order valence-corrected chi connectivity index (χ1v) is 11.6. The minimum atomic E-state index is -2.93. The first-order valence-electron chi connectivity index (χ1n) is 8.32. The van der Waals surface area contributed by atoms with Crippen molar-refractivity contribution in [3.63, 3.8) is 0 Å². The Bertz CT molecular complexity index is 698. The second kappa shape index (κ2) is 9.48. The Morgan fingerprint density at radius 3 is 2.52 bits per heavy atom. The van der Waals surface area contributed by atoms with Gasteiger partial charge in [0.05, 0.1) is 5.75 Å². The van der Waals surface area contributed by atoms with E-state index in [9.17, 15) is 8.42 Å². The molecule has 0 radical (unpaired) electrons. The molecule has 1 rings (SSSR count). The van der Waals surface area contributed by atoms with Gasteiger partial charge in [-0.05, 0) is 42.2 Å². The fraction of sp³-hybridized carbons (Fsp3) is 0.611. The molecule has 0 fully saturated rings. The van der Waals surface area contributed by atoms with E-state index in [1.54, 1.807) is 18.8 Å². The van der Waals surface area contributed by atoms with Crippen molar-refractivity contribution >= 4 is 27.6 Å². The van der Waals surface area contributed by atoms with Gasteiger partial charge < -0.3 is 10.6 Å². The van der Waals surface area contributed by atoms with Gasteiger partial charge in [0.2, 0.25) is 0 Å². The molecule has 1 aromatic rings. The quantitative estimate of drug-likeness (QED) is 0.409. The van der Waals surface area contributed by atoms with E-state index in [1.165, 1.54) is 22.3 Å². The van der Waals surface area contributed by atoms with Crippen molar-refractivity contribution in [2.75, 3.05) is 31.9 Å². The summed E-state index contributed by atoms with van der Waals surface area (Å²) in [5, 5.41) is 6.63. The molecular weight excluding hydrogens is 354 g/mol. The molecule has 1 aromatic carbocycles. The summed E-state index contributed by atoms with van der Waals surface area (Å²) in [6.07, 6.45) is 3.97. The van der Waals surface area contributed by atoms with Crippen molar-refractivity contribution in [3.8, 4) is 0 Å². The van der Waals surface area contributed by atoms with Crippen LogP contribution in [0, 0.1) is 12.3 Å². The second-order valence-corrected chi connectivity index (χ2v) is 10.2. The number of sulfone groups is 1. The van der Waals surface area contributed by atoms with Crippen LogP contribution in [0.4, 0.5) is 0 Å². The average molecular weight is 386 g/mol. The number of guanidine groups is 1. The van der Waals surface area contributed by atoms with E-state index in [0.29, 0.717) is 19.5 Å². The first-order chi connectivity index (χ1) is 11.6. The van der Waals surface area contributed by atoms with Crippen molar-refractivity contribution in [1.29, 1.82) is 0 Å². The molecule has 0 bridgehead atoms. The lowest BCUT2D eigenvalue weighted by molar-refractivity contribution is 0.348. The molecular formula is C18H31N3O2S2. The van der Waals surface area contributed by atoms with Crippen molar-refractivity contribution < 1.29 is 8.42 Å². The Morgan fingerprint density at radius 1 is 1.28 bits per heavy atom. The zero-order chi connectivity index (χ0) is 19.1. The Labute approximate surface area is 157 Å². The average Bonchev–Trinajstić information content (AvgIpc) is 2.53. The summed E-state index contributed by atoms with van der Waals surface area (Å²) in [5.74, 6) is 0.925. The van der Waals surface area contributed by atoms with Crippen LogP contribution in [0.3, 0.4) is 0 Å². The van der Waals surface area contributed by atoms with Gasteiger partial charge in [0.25, 0.3) is 0 Å². The largest absolute Gasteiger partial charge is 0.356 e. The van der Waals surface area contributed by atoms with Gasteiger partial charge in [-0.25, -0.2) is 8.42 Å². The summed E-state index contributed by atoms with van der Waals surface area (Å²) in [4.78, 5) is 5.52. The molecule has 0 aromatic heterocycles. The van der Waals surface area contributed by atoms with Crippen molar-refractivity contribution in [2.45, 2.75) is 38.6 Å². The highest BCUT2D eigenvalue weighted by atomic mass is 32.2. The Hall–Kier alpha value is -1.21. The molecule has 0 aliphatic heterocycles. The zero-order valence-corrected chi connectivity index (χ0v) is 17.8. The van der Waals surface area contributed by atoms with Crippen LogP contribution in [0.15, 0.2) is 28.1 Å². The standard InChI is InChI=1S/C18H31N3O2S2/c1-14-7-8-15(16(11-14)24-5)12-20-17(19-4)21-13-18(2,3)9-10-25(6,22)23/h7-8,11H,9-10,12-13H2,1-6H3,(H2,19,20,21). The third-order valence-electron chi connectivity index (χ3n) is 4.00. The fourth-order valence-corrected chi connectivity index (χ4v) is 3.90. The van der Waals surface area contributed by atoms with E-state index in [0.717, 1.165) is 5.96 Å².